The van der Waals surface area contributed by atoms with Crippen molar-refractivity contribution in [2.24, 2.45) is 5.92 Å². The van der Waals surface area contributed by atoms with Crippen molar-refractivity contribution in [3.8, 4) is 0 Å². The summed E-state index contributed by atoms with van der Waals surface area (Å²) in [4.78, 5) is 2.36. The van der Waals surface area contributed by atoms with Crippen LogP contribution in [0.15, 0.2) is 16.5 Å². The first-order chi connectivity index (χ1) is 8.67. The highest BCUT2D eigenvalue weighted by Crippen LogP contribution is 2.20. The topological polar surface area (TPSA) is 28.4 Å². The Kier molecular flexibility index (Phi) is 4.84. The molecule has 1 aromatic rings. The smallest absolute Gasteiger partial charge is 0.118 e. The Morgan fingerprint density at radius 1 is 1.44 bits per heavy atom. The van der Waals surface area contributed by atoms with Crippen molar-refractivity contribution in [3.05, 3.63) is 23.7 Å². The molecule has 1 fully saturated rings. The minimum atomic E-state index is 0.643. The Labute approximate surface area is 111 Å². The van der Waals surface area contributed by atoms with Crippen LogP contribution < -0.4 is 5.32 Å². The van der Waals surface area contributed by atoms with E-state index in [4.69, 9.17) is 4.42 Å². The molecule has 0 saturated carbocycles. The average molecular weight is 250 g/mol. The maximum Gasteiger partial charge on any atom is 0.118 e. The van der Waals surface area contributed by atoms with Crippen LogP contribution in [0.25, 0.3) is 0 Å². The van der Waals surface area contributed by atoms with Crippen molar-refractivity contribution in [2.75, 3.05) is 20.1 Å². The molecule has 3 nitrogen and oxygen atoms in total. The standard InChI is InChI=1S/C15H26N2O/c1-4-13-7-8-16-14(9-13)10-17(3)11-15-6-5-12(2)18-15/h5-6,13-14,16H,4,7-11H2,1-3H3. The predicted octanol–water partition coefficient (Wildman–Crippen LogP) is 2.80. The summed E-state index contributed by atoms with van der Waals surface area (Å²) in [6, 6.07) is 4.76. The third-order valence-corrected chi connectivity index (χ3v) is 3.93. The number of aryl methyl sites for hydroxylation is 1. The van der Waals surface area contributed by atoms with Gasteiger partial charge in [0.05, 0.1) is 6.54 Å². The molecular weight excluding hydrogens is 224 g/mol. The fourth-order valence-corrected chi connectivity index (χ4v) is 2.88. The van der Waals surface area contributed by atoms with Crippen LogP contribution in [0.1, 0.15) is 37.7 Å². The van der Waals surface area contributed by atoms with Gasteiger partial charge in [0.25, 0.3) is 0 Å². The number of nitrogens with one attached hydrogen (secondary N) is 1. The van der Waals surface area contributed by atoms with Gasteiger partial charge in [-0.15, -0.1) is 0 Å². The molecule has 0 radical (unpaired) electrons. The van der Waals surface area contributed by atoms with Crippen LogP contribution in [0, 0.1) is 12.8 Å². The zero-order valence-corrected chi connectivity index (χ0v) is 11.9. The van der Waals surface area contributed by atoms with Gasteiger partial charge < -0.3 is 9.73 Å². The fourth-order valence-electron chi connectivity index (χ4n) is 2.88. The lowest BCUT2D eigenvalue weighted by atomic mass is 9.90. The minimum Gasteiger partial charge on any atom is -0.465 e. The monoisotopic (exact) mass is 250 g/mol. The highest BCUT2D eigenvalue weighted by atomic mass is 16.3. The average Bonchev–Trinajstić information content (AvgIpc) is 2.74. The van der Waals surface area contributed by atoms with Gasteiger partial charge in [-0.1, -0.05) is 13.3 Å². The van der Waals surface area contributed by atoms with E-state index in [2.05, 4.69) is 30.3 Å². The summed E-state index contributed by atoms with van der Waals surface area (Å²) in [5.74, 6) is 2.98. The van der Waals surface area contributed by atoms with Crippen LogP contribution in [-0.2, 0) is 6.54 Å². The number of rotatable bonds is 5. The molecule has 1 saturated heterocycles. The minimum absolute atomic E-state index is 0.643. The zero-order chi connectivity index (χ0) is 13.0. The van der Waals surface area contributed by atoms with Crippen LogP contribution in [0.3, 0.4) is 0 Å². The summed E-state index contributed by atoms with van der Waals surface area (Å²) < 4.78 is 5.62. The van der Waals surface area contributed by atoms with E-state index < -0.39 is 0 Å². The van der Waals surface area contributed by atoms with Crippen LogP contribution in [-0.4, -0.2) is 31.1 Å². The molecule has 2 atom stereocenters. The maximum atomic E-state index is 5.62. The third kappa shape index (κ3) is 3.85. The van der Waals surface area contributed by atoms with E-state index in [1.165, 1.54) is 25.8 Å². The number of hydrogen-bond donors (Lipinski definition) is 1. The fraction of sp³-hybridized carbons (Fsp3) is 0.733. The first-order valence-electron chi connectivity index (χ1n) is 7.14. The molecule has 1 aliphatic rings. The lowest BCUT2D eigenvalue weighted by Crippen LogP contribution is -2.44. The van der Waals surface area contributed by atoms with Crippen LogP contribution >= 0.6 is 0 Å². The number of piperidine rings is 1. The van der Waals surface area contributed by atoms with E-state index in [0.29, 0.717) is 6.04 Å². The molecule has 0 amide bonds. The van der Waals surface area contributed by atoms with Crippen molar-refractivity contribution in [2.45, 2.75) is 45.7 Å². The highest BCUT2D eigenvalue weighted by Gasteiger charge is 2.21. The summed E-state index contributed by atoms with van der Waals surface area (Å²) in [7, 11) is 2.18. The molecule has 1 aliphatic heterocycles. The quantitative estimate of drug-likeness (QED) is 0.871. The Balaban J connectivity index is 1.78. The van der Waals surface area contributed by atoms with Gasteiger partial charge in [-0.25, -0.2) is 0 Å². The van der Waals surface area contributed by atoms with Crippen LogP contribution in [0.5, 0.6) is 0 Å². The van der Waals surface area contributed by atoms with E-state index in [9.17, 15) is 0 Å². The molecule has 0 aliphatic carbocycles. The van der Waals surface area contributed by atoms with Crippen LogP contribution in [0.2, 0.25) is 0 Å². The van der Waals surface area contributed by atoms with E-state index in [1.54, 1.807) is 0 Å². The first-order valence-corrected chi connectivity index (χ1v) is 7.14. The molecule has 1 aromatic heterocycles. The van der Waals surface area contributed by atoms with Gasteiger partial charge in [-0.05, 0) is 51.4 Å². The SMILES string of the molecule is CCC1CCNC(CN(C)Cc2ccc(C)o2)C1. The second kappa shape index (κ2) is 6.39. The zero-order valence-electron chi connectivity index (χ0n) is 11.9. The summed E-state index contributed by atoms with van der Waals surface area (Å²) in [5.41, 5.74) is 0. The van der Waals surface area contributed by atoms with Gasteiger partial charge in [0, 0.05) is 12.6 Å². The molecule has 2 heterocycles. The van der Waals surface area contributed by atoms with Crippen molar-refractivity contribution < 1.29 is 4.42 Å². The van der Waals surface area contributed by atoms with Gasteiger partial charge in [0.15, 0.2) is 0 Å². The van der Waals surface area contributed by atoms with Crippen molar-refractivity contribution >= 4 is 0 Å². The molecule has 0 aromatic carbocycles. The summed E-state index contributed by atoms with van der Waals surface area (Å²) in [5, 5.41) is 3.63. The summed E-state index contributed by atoms with van der Waals surface area (Å²) in [6.07, 6.45) is 3.98. The second-order valence-corrected chi connectivity index (χ2v) is 5.66. The van der Waals surface area contributed by atoms with Crippen molar-refractivity contribution in [1.29, 1.82) is 0 Å². The maximum absolute atomic E-state index is 5.62. The Morgan fingerprint density at radius 3 is 2.94 bits per heavy atom. The molecule has 0 spiro atoms. The van der Waals surface area contributed by atoms with Crippen LogP contribution in [0.4, 0.5) is 0 Å². The largest absolute Gasteiger partial charge is 0.465 e. The Bertz CT molecular complexity index is 361. The second-order valence-electron chi connectivity index (χ2n) is 5.66. The van der Waals surface area contributed by atoms with Crippen molar-refractivity contribution in [1.82, 2.24) is 10.2 Å². The summed E-state index contributed by atoms with van der Waals surface area (Å²) >= 11 is 0. The number of likely N-dealkylation sites (N-methyl/N-ethyl adjacent to an activating group) is 1. The van der Waals surface area contributed by atoms with Gasteiger partial charge in [0.1, 0.15) is 11.5 Å². The Morgan fingerprint density at radius 2 is 2.28 bits per heavy atom. The summed E-state index contributed by atoms with van der Waals surface area (Å²) in [6.45, 7) is 7.50. The van der Waals surface area contributed by atoms with E-state index in [0.717, 1.165) is 30.5 Å². The highest BCUT2D eigenvalue weighted by molar-refractivity contribution is 5.05. The normalized spacial score (nSPS) is 24.7. The molecule has 2 rings (SSSR count). The molecule has 1 N–H and O–H groups in total. The molecule has 2 unspecified atom stereocenters. The number of hydrogen-bond acceptors (Lipinski definition) is 3. The molecule has 18 heavy (non-hydrogen) atoms. The molecule has 0 bridgehead atoms. The molecular formula is C15H26N2O. The molecule has 3 heteroatoms. The third-order valence-electron chi connectivity index (χ3n) is 3.93. The predicted molar refractivity (Wildman–Crippen MR) is 74.6 cm³/mol. The number of furan rings is 1. The van der Waals surface area contributed by atoms with Gasteiger partial charge in [0.2, 0.25) is 0 Å². The lowest BCUT2D eigenvalue weighted by molar-refractivity contribution is 0.211. The first kappa shape index (κ1) is 13.6. The van der Waals surface area contributed by atoms with E-state index in [1.807, 2.05) is 13.0 Å². The van der Waals surface area contributed by atoms with E-state index in [-0.39, 0.29) is 0 Å². The molecule has 102 valence electrons. The number of nitrogens with zero attached hydrogens (tertiary/aromatic N) is 1. The Hall–Kier alpha value is -0.800. The van der Waals surface area contributed by atoms with Crippen molar-refractivity contribution in [3.63, 3.8) is 0 Å². The van der Waals surface area contributed by atoms with Gasteiger partial charge in [-0.3, -0.25) is 4.90 Å². The van der Waals surface area contributed by atoms with E-state index >= 15 is 0 Å². The van der Waals surface area contributed by atoms with Gasteiger partial charge in [-0.2, -0.15) is 0 Å². The lowest BCUT2D eigenvalue weighted by Gasteiger charge is -2.32. The van der Waals surface area contributed by atoms with Gasteiger partial charge >= 0.3 is 0 Å².